The Labute approximate surface area is 122 Å². The highest BCUT2D eigenvalue weighted by Gasteiger charge is 2.17. The van der Waals surface area contributed by atoms with Gasteiger partial charge < -0.3 is 5.32 Å². The fourth-order valence-corrected chi connectivity index (χ4v) is 2.44. The van der Waals surface area contributed by atoms with Gasteiger partial charge in [-0.1, -0.05) is 17.7 Å². The van der Waals surface area contributed by atoms with E-state index in [4.69, 9.17) is 11.6 Å². The van der Waals surface area contributed by atoms with Crippen LogP contribution in [-0.4, -0.2) is 30.6 Å². The van der Waals surface area contributed by atoms with Gasteiger partial charge in [-0.15, -0.1) is 12.4 Å². The molecule has 96 valence electrons. The van der Waals surface area contributed by atoms with E-state index in [2.05, 4.69) is 39.1 Å². The first-order valence-electron chi connectivity index (χ1n) is 5.55. The molecule has 1 heterocycles. The average molecular weight is 340 g/mol. The maximum Gasteiger partial charge on any atom is 0.0551 e. The lowest BCUT2D eigenvalue weighted by Gasteiger charge is -2.33. The summed E-state index contributed by atoms with van der Waals surface area (Å²) in [6.07, 6.45) is 0. The third-order valence-electron chi connectivity index (χ3n) is 3.01. The van der Waals surface area contributed by atoms with Gasteiger partial charge in [0.25, 0.3) is 0 Å². The summed E-state index contributed by atoms with van der Waals surface area (Å²) in [7, 11) is 0. The molecule has 0 unspecified atom stereocenters. The molecule has 1 aromatic carbocycles. The van der Waals surface area contributed by atoms with E-state index in [1.165, 1.54) is 5.56 Å². The molecule has 5 heteroatoms. The topological polar surface area (TPSA) is 15.3 Å². The molecule has 1 atom stereocenters. The van der Waals surface area contributed by atoms with Crippen LogP contribution >= 0.6 is 39.9 Å². The summed E-state index contributed by atoms with van der Waals surface area (Å²) in [5.41, 5.74) is 1.28. The van der Waals surface area contributed by atoms with E-state index in [0.717, 1.165) is 35.7 Å². The second kappa shape index (κ2) is 6.95. The molecular weight excluding hydrogens is 323 g/mol. The van der Waals surface area contributed by atoms with E-state index < -0.39 is 0 Å². The Morgan fingerprint density at radius 3 is 2.94 bits per heavy atom. The zero-order chi connectivity index (χ0) is 11.5. The van der Waals surface area contributed by atoms with Crippen LogP contribution in [0.25, 0.3) is 0 Å². The number of halogens is 3. The number of piperazine rings is 1. The van der Waals surface area contributed by atoms with Crippen LogP contribution in [0.1, 0.15) is 12.5 Å². The van der Waals surface area contributed by atoms with Gasteiger partial charge in [0, 0.05) is 36.7 Å². The van der Waals surface area contributed by atoms with Gasteiger partial charge >= 0.3 is 0 Å². The van der Waals surface area contributed by atoms with Crippen molar-refractivity contribution in [1.29, 1.82) is 0 Å². The van der Waals surface area contributed by atoms with E-state index in [1.54, 1.807) is 0 Å². The molecule has 0 saturated carbocycles. The fraction of sp³-hybridized carbons (Fsp3) is 0.500. The van der Waals surface area contributed by atoms with E-state index in [1.807, 2.05) is 12.1 Å². The lowest BCUT2D eigenvalue weighted by Crippen LogP contribution is -2.49. The monoisotopic (exact) mass is 338 g/mol. The zero-order valence-electron chi connectivity index (χ0n) is 9.75. The molecule has 1 aliphatic heterocycles. The summed E-state index contributed by atoms with van der Waals surface area (Å²) < 4.78 is 0.964. The van der Waals surface area contributed by atoms with Crippen molar-refractivity contribution in [3.63, 3.8) is 0 Å². The third kappa shape index (κ3) is 4.11. The Kier molecular flexibility index (Phi) is 6.24. The summed E-state index contributed by atoms with van der Waals surface area (Å²) in [4.78, 5) is 2.48. The number of hydrogen-bond acceptors (Lipinski definition) is 2. The van der Waals surface area contributed by atoms with Crippen LogP contribution in [0.2, 0.25) is 5.02 Å². The van der Waals surface area contributed by atoms with E-state index in [9.17, 15) is 0 Å². The summed E-state index contributed by atoms with van der Waals surface area (Å²) in [6, 6.07) is 6.78. The molecule has 0 spiro atoms. The smallest absolute Gasteiger partial charge is 0.0551 e. The van der Waals surface area contributed by atoms with Crippen molar-refractivity contribution < 1.29 is 0 Å². The first-order valence-corrected chi connectivity index (χ1v) is 6.72. The van der Waals surface area contributed by atoms with Gasteiger partial charge in [-0.2, -0.15) is 0 Å². The fourth-order valence-electron chi connectivity index (χ4n) is 1.99. The van der Waals surface area contributed by atoms with Crippen LogP contribution in [0.4, 0.5) is 0 Å². The second-order valence-corrected chi connectivity index (χ2v) is 5.53. The molecule has 0 bridgehead atoms. The zero-order valence-corrected chi connectivity index (χ0v) is 12.9. The normalized spacial score (nSPS) is 21.0. The number of hydrogen-bond donors (Lipinski definition) is 1. The van der Waals surface area contributed by atoms with Crippen LogP contribution in [0.3, 0.4) is 0 Å². The molecule has 0 amide bonds. The maximum atomic E-state index is 6.09. The van der Waals surface area contributed by atoms with Crippen molar-refractivity contribution in [2.75, 3.05) is 19.6 Å². The standard InChI is InChI=1S/C12H16BrClN2.ClH/c1-9-7-15-4-5-16(9)8-10-2-3-11(13)12(14)6-10;/h2-3,6,9,15H,4-5,7-8H2,1H3;1H/t9-;/m1./s1. The SMILES string of the molecule is C[C@@H]1CNCCN1Cc1ccc(Br)c(Cl)c1.Cl. The minimum absolute atomic E-state index is 0. The van der Waals surface area contributed by atoms with Gasteiger partial charge in [0.05, 0.1) is 5.02 Å². The van der Waals surface area contributed by atoms with Gasteiger partial charge in [-0.05, 0) is 40.5 Å². The van der Waals surface area contributed by atoms with Gasteiger partial charge in [-0.25, -0.2) is 0 Å². The predicted octanol–water partition coefficient (Wildman–Crippen LogP) is 3.32. The third-order valence-corrected chi connectivity index (χ3v) is 4.24. The quantitative estimate of drug-likeness (QED) is 0.889. The van der Waals surface area contributed by atoms with Gasteiger partial charge in [0.2, 0.25) is 0 Å². The van der Waals surface area contributed by atoms with E-state index >= 15 is 0 Å². The summed E-state index contributed by atoms with van der Waals surface area (Å²) in [5, 5.41) is 4.19. The Morgan fingerprint density at radius 1 is 1.53 bits per heavy atom. The van der Waals surface area contributed by atoms with Crippen molar-refractivity contribution in [1.82, 2.24) is 10.2 Å². The lowest BCUT2D eigenvalue weighted by atomic mass is 10.1. The minimum atomic E-state index is 0. The number of nitrogens with zero attached hydrogens (tertiary/aromatic N) is 1. The number of rotatable bonds is 2. The Bertz CT molecular complexity index is 374. The summed E-state index contributed by atoms with van der Waals surface area (Å²) in [5.74, 6) is 0. The van der Waals surface area contributed by atoms with Crippen LogP contribution in [-0.2, 0) is 6.54 Å². The largest absolute Gasteiger partial charge is 0.314 e. The van der Waals surface area contributed by atoms with Gasteiger partial charge in [-0.3, -0.25) is 4.90 Å². The molecule has 1 fully saturated rings. The highest BCUT2D eigenvalue weighted by Crippen LogP contribution is 2.24. The van der Waals surface area contributed by atoms with Gasteiger partial charge in [0.1, 0.15) is 0 Å². The Hall–Kier alpha value is 0.200. The first-order chi connectivity index (χ1) is 7.66. The summed E-state index contributed by atoms with van der Waals surface area (Å²) in [6.45, 7) is 6.50. The molecule has 1 N–H and O–H groups in total. The van der Waals surface area contributed by atoms with Crippen LogP contribution in [0.15, 0.2) is 22.7 Å². The van der Waals surface area contributed by atoms with Crippen LogP contribution < -0.4 is 5.32 Å². The van der Waals surface area contributed by atoms with Crippen molar-refractivity contribution >= 4 is 39.9 Å². The van der Waals surface area contributed by atoms with Crippen LogP contribution in [0.5, 0.6) is 0 Å². The van der Waals surface area contributed by atoms with E-state index in [0.29, 0.717) is 6.04 Å². The predicted molar refractivity (Wildman–Crippen MR) is 79.1 cm³/mol. The first kappa shape index (κ1) is 15.3. The van der Waals surface area contributed by atoms with Crippen LogP contribution in [0, 0.1) is 0 Å². The molecule has 0 aromatic heterocycles. The minimum Gasteiger partial charge on any atom is -0.314 e. The molecule has 0 aliphatic carbocycles. The number of nitrogens with one attached hydrogen (secondary N) is 1. The highest BCUT2D eigenvalue weighted by molar-refractivity contribution is 9.10. The molecule has 1 aromatic rings. The molecule has 1 aliphatic rings. The van der Waals surface area contributed by atoms with E-state index in [-0.39, 0.29) is 12.4 Å². The Morgan fingerprint density at radius 2 is 2.29 bits per heavy atom. The average Bonchev–Trinajstić information content (AvgIpc) is 2.27. The maximum absolute atomic E-state index is 6.09. The van der Waals surface area contributed by atoms with Crippen molar-refractivity contribution in [2.24, 2.45) is 0 Å². The second-order valence-electron chi connectivity index (χ2n) is 4.27. The molecule has 17 heavy (non-hydrogen) atoms. The lowest BCUT2D eigenvalue weighted by molar-refractivity contribution is 0.165. The van der Waals surface area contributed by atoms with Crippen molar-refractivity contribution in [3.05, 3.63) is 33.3 Å². The van der Waals surface area contributed by atoms with Crippen molar-refractivity contribution in [2.45, 2.75) is 19.5 Å². The molecule has 2 nitrogen and oxygen atoms in total. The molecule has 1 saturated heterocycles. The Balaban J connectivity index is 0.00000144. The van der Waals surface area contributed by atoms with Crippen molar-refractivity contribution in [3.8, 4) is 0 Å². The highest BCUT2D eigenvalue weighted by atomic mass is 79.9. The van der Waals surface area contributed by atoms with Gasteiger partial charge in [0.15, 0.2) is 0 Å². The molecule has 0 radical (unpaired) electrons. The number of benzene rings is 1. The molecule has 2 rings (SSSR count). The summed E-state index contributed by atoms with van der Waals surface area (Å²) >= 11 is 9.50. The molecular formula is C12H17BrCl2N2.